The summed E-state index contributed by atoms with van der Waals surface area (Å²) in [6.45, 7) is 8.21. The number of anilines is 1. The molecule has 0 saturated heterocycles. The normalized spacial score (nSPS) is 10.9. The number of nitrogens with one attached hydrogen (secondary N) is 2. The number of H-pyrrole nitrogens is 1. The second kappa shape index (κ2) is 6.36. The van der Waals surface area contributed by atoms with Gasteiger partial charge in [0.15, 0.2) is 0 Å². The van der Waals surface area contributed by atoms with Gasteiger partial charge in [0.25, 0.3) is 0 Å². The molecule has 0 unspecified atom stereocenters. The Kier molecular flexibility index (Phi) is 5.11. The first kappa shape index (κ1) is 13.7. The van der Waals surface area contributed by atoms with Crippen molar-refractivity contribution >= 4 is 11.6 Å². The van der Waals surface area contributed by atoms with Crippen LogP contribution >= 0.6 is 0 Å². The van der Waals surface area contributed by atoms with E-state index in [1.165, 1.54) is 0 Å². The number of hydrogen-bond acceptors (Lipinski definition) is 4. The van der Waals surface area contributed by atoms with Crippen LogP contribution < -0.4 is 11.1 Å². The number of likely N-dealkylation sites (N-methyl/N-ethyl adjacent to an activating group) is 1. The van der Waals surface area contributed by atoms with Crippen LogP contribution in [-0.2, 0) is 4.79 Å². The van der Waals surface area contributed by atoms with Gasteiger partial charge in [0.2, 0.25) is 5.91 Å². The fourth-order valence-corrected chi connectivity index (χ4v) is 1.65. The zero-order chi connectivity index (χ0) is 12.8. The molecule has 17 heavy (non-hydrogen) atoms. The Morgan fingerprint density at radius 1 is 1.53 bits per heavy atom. The highest BCUT2D eigenvalue weighted by molar-refractivity contribution is 5.93. The molecule has 0 aliphatic rings. The lowest BCUT2D eigenvalue weighted by atomic mass is 10.3. The molecule has 0 aromatic carbocycles. The lowest BCUT2D eigenvalue weighted by Gasteiger charge is -2.18. The number of nitrogens with two attached hydrogens (primary N) is 1. The van der Waals surface area contributed by atoms with Crippen molar-refractivity contribution in [3.8, 4) is 0 Å². The summed E-state index contributed by atoms with van der Waals surface area (Å²) in [5, 5.41) is 9.73. The van der Waals surface area contributed by atoms with Crippen LogP contribution in [0.1, 0.15) is 18.3 Å². The van der Waals surface area contributed by atoms with Gasteiger partial charge in [-0.25, -0.2) is 0 Å². The van der Waals surface area contributed by atoms with Crippen LogP contribution in [-0.4, -0.2) is 47.2 Å². The van der Waals surface area contributed by atoms with Gasteiger partial charge in [-0.3, -0.25) is 14.8 Å². The summed E-state index contributed by atoms with van der Waals surface area (Å²) >= 11 is 0. The van der Waals surface area contributed by atoms with Gasteiger partial charge < -0.3 is 11.1 Å². The highest BCUT2D eigenvalue weighted by Crippen LogP contribution is 2.15. The molecule has 1 aromatic rings. The Balaban J connectivity index is 2.55. The second-order valence-electron chi connectivity index (χ2n) is 4.01. The molecule has 0 aliphatic carbocycles. The van der Waals surface area contributed by atoms with Crippen LogP contribution in [0.3, 0.4) is 0 Å². The van der Waals surface area contributed by atoms with E-state index in [0.29, 0.717) is 13.1 Å². The van der Waals surface area contributed by atoms with E-state index >= 15 is 0 Å². The Morgan fingerprint density at radius 3 is 2.71 bits per heavy atom. The van der Waals surface area contributed by atoms with E-state index in [0.717, 1.165) is 30.2 Å². The molecule has 1 amide bonds. The topological polar surface area (TPSA) is 87.0 Å². The maximum atomic E-state index is 11.8. The summed E-state index contributed by atoms with van der Waals surface area (Å²) in [4.78, 5) is 13.8. The lowest BCUT2D eigenvalue weighted by Crippen LogP contribution is -2.36. The molecule has 0 aliphatic heterocycles. The van der Waals surface area contributed by atoms with Crippen molar-refractivity contribution in [3.05, 3.63) is 11.4 Å². The van der Waals surface area contributed by atoms with Crippen LogP contribution in [0.25, 0.3) is 0 Å². The number of nitrogens with zero attached hydrogens (tertiary/aromatic N) is 2. The van der Waals surface area contributed by atoms with Crippen molar-refractivity contribution in [2.24, 2.45) is 5.73 Å². The first-order valence-corrected chi connectivity index (χ1v) is 5.82. The Hall–Kier alpha value is -1.40. The molecule has 0 atom stereocenters. The van der Waals surface area contributed by atoms with Gasteiger partial charge in [-0.15, -0.1) is 0 Å². The summed E-state index contributed by atoms with van der Waals surface area (Å²) in [7, 11) is 0. The van der Waals surface area contributed by atoms with Crippen LogP contribution in [0.15, 0.2) is 0 Å². The van der Waals surface area contributed by atoms with E-state index in [9.17, 15) is 4.79 Å². The third-order valence-corrected chi connectivity index (χ3v) is 2.65. The number of hydrogen-bond donors (Lipinski definition) is 3. The summed E-state index contributed by atoms with van der Waals surface area (Å²) in [5.41, 5.74) is 7.93. The maximum Gasteiger partial charge on any atom is 0.238 e. The molecule has 96 valence electrons. The Labute approximate surface area is 102 Å². The number of amides is 1. The summed E-state index contributed by atoms with van der Waals surface area (Å²) in [5.74, 6) is -0.0344. The van der Waals surface area contributed by atoms with Gasteiger partial charge in [-0.1, -0.05) is 6.92 Å². The molecule has 1 rings (SSSR count). The quantitative estimate of drug-likeness (QED) is 0.664. The predicted octanol–water partition coefficient (Wildman–Crippen LogP) is 0.246. The number of aromatic amines is 1. The molecule has 0 spiro atoms. The molecule has 4 N–H and O–H groups in total. The standard InChI is InChI=1S/C11H21N5O/c1-4-16(6-5-12)7-10(17)13-11-8(2)14-15-9(11)3/h4-7,12H2,1-3H3,(H,13,17)(H,14,15). The fourth-order valence-electron chi connectivity index (χ4n) is 1.65. The fraction of sp³-hybridized carbons (Fsp3) is 0.636. The number of aromatic nitrogens is 2. The predicted molar refractivity (Wildman–Crippen MR) is 67.9 cm³/mol. The highest BCUT2D eigenvalue weighted by atomic mass is 16.2. The molecular formula is C11H21N5O. The molecule has 0 bridgehead atoms. The van der Waals surface area contributed by atoms with Crippen molar-refractivity contribution in [1.29, 1.82) is 0 Å². The first-order chi connectivity index (χ1) is 8.08. The van der Waals surface area contributed by atoms with Gasteiger partial charge in [0, 0.05) is 13.1 Å². The summed E-state index contributed by atoms with van der Waals surface area (Å²) in [6.07, 6.45) is 0. The monoisotopic (exact) mass is 239 g/mol. The third kappa shape index (κ3) is 3.83. The van der Waals surface area contributed by atoms with Crippen molar-refractivity contribution in [3.63, 3.8) is 0 Å². The minimum absolute atomic E-state index is 0.0344. The van der Waals surface area contributed by atoms with Crippen LogP contribution in [0.4, 0.5) is 5.69 Å². The molecule has 6 heteroatoms. The van der Waals surface area contributed by atoms with E-state index in [1.807, 2.05) is 25.7 Å². The largest absolute Gasteiger partial charge is 0.329 e. The van der Waals surface area contributed by atoms with Crippen LogP contribution in [0, 0.1) is 13.8 Å². The molecule has 1 heterocycles. The number of aryl methyl sites for hydroxylation is 2. The van der Waals surface area contributed by atoms with E-state index < -0.39 is 0 Å². The lowest BCUT2D eigenvalue weighted by molar-refractivity contribution is -0.117. The maximum absolute atomic E-state index is 11.8. The van der Waals surface area contributed by atoms with Gasteiger partial charge in [0.05, 0.1) is 23.6 Å². The van der Waals surface area contributed by atoms with E-state index in [1.54, 1.807) is 0 Å². The Morgan fingerprint density at radius 2 is 2.24 bits per heavy atom. The number of carbonyl (C=O) groups excluding carboxylic acids is 1. The van der Waals surface area contributed by atoms with Gasteiger partial charge in [-0.05, 0) is 20.4 Å². The minimum atomic E-state index is -0.0344. The SMILES string of the molecule is CCN(CCN)CC(=O)Nc1c(C)n[nH]c1C. The molecule has 0 fully saturated rings. The zero-order valence-electron chi connectivity index (χ0n) is 10.7. The van der Waals surface area contributed by atoms with E-state index in [2.05, 4.69) is 15.5 Å². The minimum Gasteiger partial charge on any atom is -0.329 e. The van der Waals surface area contributed by atoms with E-state index in [4.69, 9.17) is 5.73 Å². The Bertz CT molecular complexity index is 354. The van der Waals surface area contributed by atoms with Crippen molar-refractivity contribution in [2.75, 3.05) is 31.5 Å². The zero-order valence-corrected chi connectivity index (χ0v) is 10.7. The molecule has 6 nitrogen and oxygen atoms in total. The van der Waals surface area contributed by atoms with Gasteiger partial charge in [-0.2, -0.15) is 5.10 Å². The van der Waals surface area contributed by atoms with E-state index in [-0.39, 0.29) is 5.91 Å². The second-order valence-corrected chi connectivity index (χ2v) is 4.01. The van der Waals surface area contributed by atoms with Crippen molar-refractivity contribution < 1.29 is 4.79 Å². The average molecular weight is 239 g/mol. The van der Waals surface area contributed by atoms with Crippen LogP contribution in [0.2, 0.25) is 0 Å². The van der Waals surface area contributed by atoms with Crippen LogP contribution in [0.5, 0.6) is 0 Å². The molecule has 0 radical (unpaired) electrons. The van der Waals surface area contributed by atoms with Crippen molar-refractivity contribution in [2.45, 2.75) is 20.8 Å². The number of carbonyl (C=O) groups is 1. The smallest absolute Gasteiger partial charge is 0.238 e. The summed E-state index contributed by atoms with van der Waals surface area (Å²) < 4.78 is 0. The highest BCUT2D eigenvalue weighted by Gasteiger charge is 2.12. The summed E-state index contributed by atoms with van der Waals surface area (Å²) in [6, 6.07) is 0. The van der Waals surface area contributed by atoms with Gasteiger partial charge >= 0.3 is 0 Å². The van der Waals surface area contributed by atoms with Crippen molar-refractivity contribution in [1.82, 2.24) is 15.1 Å². The van der Waals surface area contributed by atoms with Gasteiger partial charge in [0.1, 0.15) is 0 Å². The molecule has 0 saturated carbocycles. The molecular weight excluding hydrogens is 218 g/mol. The molecule has 1 aromatic heterocycles. The first-order valence-electron chi connectivity index (χ1n) is 5.82. The average Bonchev–Trinajstić information content (AvgIpc) is 2.60. The number of rotatable bonds is 6. The third-order valence-electron chi connectivity index (χ3n) is 2.65.